The fourth-order valence-electron chi connectivity index (χ4n) is 1.96. The first-order valence-electron chi connectivity index (χ1n) is 7.39. The predicted molar refractivity (Wildman–Crippen MR) is 90.8 cm³/mol. The zero-order chi connectivity index (χ0) is 17.5. The molecule has 1 aromatic carbocycles. The zero-order valence-corrected chi connectivity index (χ0v) is 14.2. The lowest BCUT2D eigenvalue weighted by molar-refractivity contribution is -0.254. The number of benzene rings is 1. The van der Waals surface area contributed by atoms with Gasteiger partial charge in [-0.1, -0.05) is 19.1 Å². The molecule has 5 nitrogen and oxygen atoms in total. The van der Waals surface area contributed by atoms with Crippen molar-refractivity contribution in [3.05, 3.63) is 51.7 Å². The summed E-state index contributed by atoms with van der Waals surface area (Å²) in [6.45, 7) is 2.58. The van der Waals surface area contributed by atoms with E-state index in [0.29, 0.717) is 23.0 Å². The van der Waals surface area contributed by atoms with Crippen molar-refractivity contribution < 1.29 is 24.2 Å². The van der Waals surface area contributed by atoms with Crippen molar-refractivity contribution in [2.24, 2.45) is 0 Å². The molecule has 126 valence electrons. The van der Waals surface area contributed by atoms with Crippen LogP contribution in [0.25, 0.3) is 6.08 Å². The van der Waals surface area contributed by atoms with Crippen LogP contribution in [0.1, 0.15) is 38.3 Å². The summed E-state index contributed by atoms with van der Waals surface area (Å²) in [6, 6.07) is 8.22. The lowest BCUT2D eigenvalue weighted by atomic mass is 10.1. The van der Waals surface area contributed by atoms with E-state index in [4.69, 9.17) is 9.47 Å². The molecule has 0 atom stereocenters. The number of rotatable bonds is 8. The van der Waals surface area contributed by atoms with Crippen LogP contribution in [0.15, 0.2) is 36.4 Å². The van der Waals surface area contributed by atoms with Gasteiger partial charge in [-0.05, 0) is 42.3 Å². The van der Waals surface area contributed by atoms with Crippen LogP contribution in [0.5, 0.6) is 11.5 Å². The Morgan fingerprint density at radius 2 is 1.92 bits per heavy atom. The van der Waals surface area contributed by atoms with E-state index in [0.717, 1.165) is 23.3 Å². The predicted octanol–water partition coefficient (Wildman–Crippen LogP) is 2.81. The number of methoxy groups -OCH3 is 1. The minimum absolute atomic E-state index is 0.0337. The monoisotopic (exact) mass is 345 g/mol. The van der Waals surface area contributed by atoms with Gasteiger partial charge < -0.3 is 19.4 Å². The maximum Gasteiger partial charge on any atom is 0.195 e. The molecule has 0 fully saturated rings. The van der Waals surface area contributed by atoms with Crippen LogP contribution in [0.2, 0.25) is 0 Å². The number of aromatic carboxylic acids is 1. The van der Waals surface area contributed by atoms with E-state index >= 15 is 0 Å². The molecule has 0 amide bonds. The molecule has 0 saturated carbocycles. The molecule has 0 N–H and O–H groups in total. The first-order chi connectivity index (χ1) is 11.5. The standard InChI is InChI=1S/C18H18O5S/c1-3-10-23-15-11-12(5-7-14(15)22-2)4-6-13(19)16-8-9-17(24-16)18(20)21/h4-9,11H,3,10H2,1-2H3,(H,20,21)/p-1/b6-4+. The summed E-state index contributed by atoms with van der Waals surface area (Å²) < 4.78 is 10.9. The average molecular weight is 345 g/mol. The molecule has 6 heteroatoms. The normalized spacial score (nSPS) is 10.8. The summed E-state index contributed by atoms with van der Waals surface area (Å²) >= 11 is 0.897. The fourth-order valence-corrected chi connectivity index (χ4v) is 2.72. The summed E-state index contributed by atoms with van der Waals surface area (Å²) in [6.07, 6.45) is 3.93. The number of carbonyl (C=O) groups is 2. The van der Waals surface area contributed by atoms with Crippen LogP contribution in [0.3, 0.4) is 0 Å². The summed E-state index contributed by atoms with van der Waals surface area (Å²) in [5.41, 5.74) is 0.784. The van der Waals surface area contributed by atoms with E-state index in [1.165, 1.54) is 18.2 Å². The van der Waals surface area contributed by atoms with Gasteiger partial charge in [-0.2, -0.15) is 0 Å². The molecular weight excluding hydrogens is 328 g/mol. The SMILES string of the molecule is CCCOc1cc(/C=C/C(=O)c2ccc(C(=O)[O-])s2)ccc1OC. The topological polar surface area (TPSA) is 75.7 Å². The van der Waals surface area contributed by atoms with Crippen molar-refractivity contribution in [2.75, 3.05) is 13.7 Å². The molecule has 0 spiro atoms. The number of carbonyl (C=O) groups excluding carboxylic acids is 2. The van der Waals surface area contributed by atoms with Gasteiger partial charge in [0.15, 0.2) is 17.3 Å². The molecule has 0 saturated heterocycles. The van der Waals surface area contributed by atoms with Crippen molar-refractivity contribution in [3.63, 3.8) is 0 Å². The van der Waals surface area contributed by atoms with E-state index in [-0.39, 0.29) is 10.7 Å². The average Bonchev–Trinajstić information content (AvgIpc) is 3.08. The molecule has 1 heterocycles. The molecule has 1 aromatic heterocycles. The largest absolute Gasteiger partial charge is 0.544 e. The quantitative estimate of drug-likeness (QED) is 0.543. The van der Waals surface area contributed by atoms with E-state index < -0.39 is 5.97 Å². The Morgan fingerprint density at radius 3 is 2.54 bits per heavy atom. The Morgan fingerprint density at radius 1 is 1.17 bits per heavy atom. The number of hydrogen-bond acceptors (Lipinski definition) is 6. The third-order valence-electron chi connectivity index (χ3n) is 3.13. The Labute approximate surface area is 144 Å². The van der Waals surface area contributed by atoms with Crippen molar-refractivity contribution in [2.45, 2.75) is 13.3 Å². The number of ketones is 1. The molecule has 0 aliphatic rings. The summed E-state index contributed by atoms with van der Waals surface area (Å²) in [4.78, 5) is 23.2. The number of allylic oxidation sites excluding steroid dienone is 1. The highest BCUT2D eigenvalue weighted by molar-refractivity contribution is 7.16. The van der Waals surface area contributed by atoms with Crippen LogP contribution in [0, 0.1) is 0 Å². The Kier molecular flexibility index (Phi) is 6.14. The third kappa shape index (κ3) is 4.45. The highest BCUT2D eigenvalue weighted by Crippen LogP contribution is 2.29. The maximum absolute atomic E-state index is 12.1. The van der Waals surface area contributed by atoms with Crippen LogP contribution in [0.4, 0.5) is 0 Å². The van der Waals surface area contributed by atoms with Gasteiger partial charge in [0.1, 0.15) is 0 Å². The van der Waals surface area contributed by atoms with Crippen molar-refractivity contribution in [3.8, 4) is 11.5 Å². The van der Waals surface area contributed by atoms with Gasteiger partial charge in [-0.15, -0.1) is 11.3 Å². The molecule has 2 aromatic rings. The maximum atomic E-state index is 12.1. The van der Waals surface area contributed by atoms with E-state index in [9.17, 15) is 14.7 Å². The Balaban J connectivity index is 2.15. The molecule has 0 bridgehead atoms. The second-order valence-corrected chi connectivity index (χ2v) is 5.99. The molecule has 0 aliphatic carbocycles. The molecule has 24 heavy (non-hydrogen) atoms. The smallest absolute Gasteiger partial charge is 0.195 e. The van der Waals surface area contributed by atoms with E-state index in [1.54, 1.807) is 25.3 Å². The number of thiophene rings is 1. The van der Waals surface area contributed by atoms with Gasteiger partial charge in [0, 0.05) is 0 Å². The minimum Gasteiger partial charge on any atom is -0.544 e. The Hall–Kier alpha value is -2.60. The fraction of sp³-hybridized carbons (Fsp3) is 0.222. The summed E-state index contributed by atoms with van der Waals surface area (Å²) in [5.74, 6) is -0.302. The third-order valence-corrected chi connectivity index (χ3v) is 4.21. The lowest BCUT2D eigenvalue weighted by Crippen LogP contribution is -2.20. The number of carboxylic acid groups (broad SMARTS) is 1. The van der Waals surface area contributed by atoms with Crippen LogP contribution in [-0.4, -0.2) is 25.5 Å². The highest BCUT2D eigenvalue weighted by atomic mass is 32.1. The lowest BCUT2D eigenvalue weighted by Gasteiger charge is -2.10. The first kappa shape index (κ1) is 17.7. The van der Waals surface area contributed by atoms with Crippen LogP contribution < -0.4 is 14.6 Å². The van der Waals surface area contributed by atoms with E-state index in [1.807, 2.05) is 13.0 Å². The second kappa shape index (κ2) is 8.31. The van der Waals surface area contributed by atoms with Crippen LogP contribution in [-0.2, 0) is 0 Å². The van der Waals surface area contributed by atoms with Gasteiger partial charge in [0.05, 0.1) is 29.4 Å². The molecule has 0 aliphatic heterocycles. The summed E-state index contributed by atoms with van der Waals surface area (Å²) in [5, 5.41) is 10.7. The van der Waals surface area contributed by atoms with Crippen LogP contribution >= 0.6 is 11.3 Å². The van der Waals surface area contributed by atoms with Gasteiger partial charge in [-0.3, -0.25) is 4.79 Å². The molecular formula is C18H17O5S-. The van der Waals surface area contributed by atoms with Gasteiger partial charge in [0.2, 0.25) is 0 Å². The first-order valence-corrected chi connectivity index (χ1v) is 8.21. The van der Waals surface area contributed by atoms with Gasteiger partial charge >= 0.3 is 0 Å². The van der Waals surface area contributed by atoms with E-state index in [2.05, 4.69) is 0 Å². The second-order valence-electron chi connectivity index (χ2n) is 4.91. The van der Waals surface area contributed by atoms with Gasteiger partial charge in [-0.25, -0.2) is 0 Å². The molecule has 2 rings (SSSR count). The molecule has 0 radical (unpaired) electrons. The Bertz CT molecular complexity index is 761. The minimum atomic E-state index is -1.28. The van der Waals surface area contributed by atoms with Crippen molar-refractivity contribution in [1.29, 1.82) is 0 Å². The summed E-state index contributed by atoms with van der Waals surface area (Å²) in [7, 11) is 1.57. The van der Waals surface area contributed by atoms with Gasteiger partial charge in [0.25, 0.3) is 0 Å². The van der Waals surface area contributed by atoms with Crippen molar-refractivity contribution in [1.82, 2.24) is 0 Å². The zero-order valence-electron chi connectivity index (χ0n) is 13.4. The number of carboxylic acids is 1. The molecule has 0 unspecified atom stereocenters. The number of hydrogen-bond donors (Lipinski definition) is 0. The van der Waals surface area contributed by atoms with Crippen molar-refractivity contribution >= 4 is 29.2 Å². The number of ether oxygens (including phenoxy) is 2. The highest BCUT2D eigenvalue weighted by Gasteiger charge is 2.08.